The molecule has 0 aromatic heterocycles. The summed E-state index contributed by atoms with van der Waals surface area (Å²) in [5.74, 6) is -3.87. The fraction of sp³-hybridized carbons (Fsp3) is 0.310. The Labute approximate surface area is 209 Å². The number of phenols is 1. The van der Waals surface area contributed by atoms with E-state index in [1.54, 1.807) is 30.3 Å². The maximum Gasteiger partial charge on any atom is 0.238 e. The van der Waals surface area contributed by atoms with Crippen LogP contribution in [-0.2, 0) is 14.3 Å². The van der Waals surface area contributed by atoms with Gasteiger partial charge in [-0.25, -0.2) is 0 Å². The number of phenolic OH excluding ortho intramolecular Hbond substituents is 1. The number of nitrogens with one attached hydrogen (secondary N) is 1. The second kappa shape index (κ2) is 8.47. The van der Waals surface area contributed by atoms with Crippen LogP contribution in [0, 0.1) is 23.7 Å². The van der Waals surface area contributed by atoms with Gasteiger partial charge in [0.1, 0.15) is 5.75 Å². The van der Waals surface area contributed by atoms with Crippen LogP contribution in [0.5, 0.6) is 5.75 Å². The van der Waals surface area contributed by atoms with E-state index in [-0.39, 0.29) is 23.5 Å². The van der Waals surface area contributed by atoms with E-state index in [4.69, 9.17) is 4.74 Å². The second-order valence-electron chi connectivity index (χ2n) is 10.1. The monoisotopic (exact) mass is 484 g/mol. The number of fused-ring (bicyclic) bond motifs is 3. The van der Waals surface area contributed by atoms with Gasteiger partial charge in [0.15, 0.2) is 5.79 Å². The lowest BCUT2D eigenvalue weighted by Gasteiger charge is -2.43. The highest BCUT2D eigenvalue weighted by molar-refractivity contribution is 6.22. The van der Waals surface area contributed by atoms with Crippen LogP contribution < -0.4 is 10.2 Å². The molecule has 3 aliphatic rings. The lowest BCUT2D eigenvalue weighted by Crippen LogP contribution is -2.52. The highest BCUT2D eigenvalue weighted by Crippen LogP contribution is 2.58. The third kappa shape index (κ3) is 3.58. The van der Waals surface area contributed by atoms with Gasteiger partial charge in [-0.2, -0.15) is 0 Å². The molecule has 6 rings (SSSR count). The molecule has 184 valence electrons. The number of rotatable bonds is 4. The van der Waals surface area contributed by atoms with Crippen molar-refractivity contribution in [1.29, 1.82) is 0 Å². The minimum absolute atomic E-state index is 0.118. The third-order valence-electron chi connectivity index (χ3n) is 7.98. The van der Waals surface area contributed by atoms with E-state index in [1.807, 2.05) is 55.5 Å². The fourth-order valence-corrected chi connectivity index (χ4v) is 6.21. The van der Waals surface area contributed by atoms with Gasteiger partial charge in [0.2, 0.25) is 11.8 Å². The van der Waals surface area contributed by atoms with Crippen LogP contribution in [-0.4, -0.2) is 27.8 Å². The first-order chi connectivity index (χ1) is 17.3. The molecule has 2 heterocycles. The Balaban J connectivity index is 1.27. The number of hydrogen-bond donors (Lipinski definition) is 3. The third-order valence-corrected chi connectivity index (χ3v) is 7.98. The Morgan fingerprint density at radius 2 is 1.64 bits per heavy atom. The maximum absolute atomic E-state index is 13.7. The van der Waals surface area contributed by atoms with Gasteiger partial charge in [0.25, 0.3) is 0 Å². The van der Waals surface area contributed by atoms with Gasteiger partial charge in [-0.05, 0) is 66.9 Å². The summed E-state index contributed by atoms with van der Waals surface area (Å²) < 4.78 is 6.17. The quantitative estimate of drug-likeness (QED) is 0.463. The normalized spacial score (nSPS) is 31.3. The van der Waals surface area contributed by atoms with Crippen molar-refractivity contribution in [2.45, 2.75) is 31.7 Å². The number of ether oxygens (including phenoxy) is 1. The Hall–Kier alpha value is -3.68. The molecule has 2 amide bonds. The highest BCUT2D eigenvalue weighted by atomic mass is 16.6. The fourth-order valence-electron chi connectivity index (χ4n) is 6.21. The molecule has 1 aliphatic carbocycles. The van der Waals surface area contributed by atoms with Crippen molar-refractivity contribution in [3.63, 3.8) is 0 Å². The molecular weight excluding hydrogens is 456 g/mol. The van der Waals surface area contributed by atoms with E-state index in [0.29, 0.717) is 18.5 Å². The van der Waals surface area contributed by atoms with Gasteiger partial charge in [0.05, 0.1) is 23.6 Å². The summed E-state index contributed by atoms with van der Waals surface area (Å²) in [5, 5.41) is 24.8. The van der Waals surface area contributed by atoms with Gasteiger partial charge in [0, 0.05) is 23.2 Å². The lowest BCUT2D eigenvalue weighted by atomic mass is 9.65. The molecule has 3 N–H and O–H groups in total. The van der Waals surface area contributed by atoms with Crippen molar-refractivity contribution in [3.8, 4) is 5.75 Å². The number of carbonyl (C=O) groups excluding carboxylic acids is 2. The molecule has 2 saturated heterocycles. The van der Waals surface area contributed by atoms with Gasteiger partial charge in [-0.1, -0.05) is 37.3 Å². The summed E-state index contributed by atoms with van der Waals surface area (Å²) >= 11 is 0. The molecule has 3 aromatic carbocycles. The van der Waals surface area contributed by atoms with E-state index < -0.39 is 29.6 Å². The predicted molar refractivity (Wildman–Crippen MR) is 134 cm³/mol. The Kier molecular flexibility index (Phi) is 5.35. The summed E-state index contributed by atoms with van der Waals surface area (Å²) in [7, 11) is 0. The Morgan fingerprint density at radius 3 is 2.36 bits per heavy atom. The van der Waals surface area contributed by atoms with Crippen molar-refractivity contribution in [1.82, 2.24) is 0 Å². The first kappa shape index (κ1) is 22.8. The zero-order valence-corrected chi connectivity index (χ0v) is 19.9. The second-order valence-corrected chi connectivity index (χ2v) is 10.1. The molecule has 2 aliphatic heterocycles. The van der Waals surface area contributed by atoms with E-state index >= 15 is 0 Å². The zero-order chi connectivity index (χ0) is 25.0. The van der Waals surface area contributed by atoms with E-state index in [1.165, 1.54) is 4.90 Å². The van der Waals surface area contributed by atoms with Crippen molar-refractivity contribution >= 4 is 28.9 Å². The highest BCUT2D eigenvalue weighted by Gasteiger charge is 2.66. The summed E-state index contributed by atoms with van der Waals surface area (Å²) in [4.78, 5) is 28.5. The van der Waals surface area contributed by atoms with Crippen LogP contribution >= 0.6 is 0 Å². The summed E-state index contributed by atoms with van der Waals surface area (Å²) in [5.41, 5.74) is 3.07. The van der Waals surface area contributed by atoms with E-state index in [0.717, 1.165) is 16.9 Å². The molecule has 0 unspecified atom stereocenters. The molecular formula is C29H28N2O5. The zero-order valence-electron chi connectivity index (χ0n) is 19.9. The molecule has 0 bridgehead atoms. The van der Waals surface area contributed by atoms with Crippen LogP contribution in [0.2, 0.25) is 0 Å². The molecule has 1 saturated carbocycles. The summed E-state index contributed by atoms with van der Waals surface area (Å²) in [6.07, 6.45) is 0.311. The first-order valence-electron chi connectivity index (χ1n) is 12.3. The molecule has 0 radical (unpaired) electrons. The van der Waals surface area contributed by atoms with Gasteiger partial charge < -0.3 is 20.3 Å². The minimum atomic E-state index is -1.51. The van der Waals surface area contributed by atoms with Crippen molar-refractivity contribution in [3.05, 3.63) is 84.4 Å². The summed E-state index contributed by atoms with van der Waals surface area (Å²) in [6, 6.07) is 23.8. The van der Waals surface area contributed by atoms with Gasteiger partial charge in [-0.15, -0.1) is 0 Å². The van der Waals surface area contributed by atoms with Crippen LogP contribution in [0.3, 0.4) is 0 Å². The standard InChI is InChI=1S/C29H28N2O5/c1-17-14-23-26(24-16-25(36-29(17,24)35)18-6-5-9-22(32)15-18)28(34)31(27(23)33)21-12-10-20(11-13-21)30-19-7-3-2-4-8-19/h2-13,15,17,23-26,30,32,35H,14,16H2,1H3/t17-,23-,24-,25-,26-,29+/m0/s1. The van der Waals surface area contributed by atoms with Crippen molar-refractivity contribution in [2.75, 3.05) is 10.2 Å². The maximum atomic E-state index is 13.7. The van der Waals surface area contributed by atoms with Crippen LogP contribution in [0.4, 0.5) is 17.1 Å². The molecule has 3 aromatic rings. The largest absolute Gasteiger partial charge is 0.508 e. The van der Waals surface area contributed by atoms with E-state index in [2.05, 4.69) is 5.32 Å². The molecule has 7 nitrogen and oxygen atoms in total. The summed E-state index contributed by atoms with van der Waals surface area (Å²) in [6.45, 7) is 1.87. The van der Waals surface area contributed by atoms with E-state index in [9.17, 15) is 19.8 Å². The van der Waals surface area contributed by atoms with Crippen molar-refractivity contribution < 1.29 is 24.5 Å². The number of aromatic hydroxyl groups is 1. The molecule has 36 heavy (non-hydrogen) atoms. The molecule has 0 spiro atoms. The number of carbonyl (C=O) groups is 2. The first-order valence-corrected chi connectivity index (χ1v) is 12.3. The topological polar surface area (TPSA) is 99.1 Å². The average Bonchev–Trinajstić information content (AvgIpc) is 3.35. The average molecular weight is 485 g/mol. The Bertz CT molecular complexity index is 1310. The SMILES string of the molecule is C[C@H]1C[C@@H]2C(=O)N(c3ccc(Nc4ccccc4)cc3)C(=O)[C@@H]2[C@@H]2C[C@@H](c3cccc(O)c3)O[C@]12O. The van der Waals surface area contributed by atoms with Crippen molar-refractivity contribution in [2.24, 2.45) is 23.7 Å². The minimum Gasteiger partial charge on any atom is -0.508 e. The molecule has 3 fully saturated rings. The number of benzene rings is 3. The van der Waals surface area contributed by atoms with Gasteiger partial charge >= 0.3 is 0 Å². The molecule has 6 atom stereocenters. The number of imide groups is 1. The number of aliphatic hydroxyl groups is 1. The number of anilines is 3. The number of para-hydroxylation sites is 1. The van der Waals surface area contributed by atoms with Gasteiger partial charge in [-0.3, -0.25) is 14.5 Å². The lowest BCUT2D eigenvalue weighted by molar-refractivity contribution is -0.265. The smallest absolute Gasteiger partial charge is 0.238 e. The number of hydrogen-bond acceptors (Lipinski definition) is 6. The van der Waals surface area contributed by atoms with Crippen LogP contribution in [0.15, 0.2) is 78.9 Å². The Morgan fingerprint density at radius 1 is 0.917 bits per heavy atom. The number of nitrogens with zero attached hydrogens (tertiary/aromatic N) is 1. The number of amides is 2. The predicted octanol–water partition coefficient (Wildman–Crippen LogP) is 4.75. The van der Waals surface area contributed by atoms with Crippen LogP contribution in [0.25, 0.3) is 0 Å². The molecule has 7 heteroatoms. The van der Waals surface area contributed by atoms with Crippen LogP contribution in [0.1, 0.15) is 31.4 Å².